The van der Waals surface area contributed by atoms with E-state index in [2.05, 4.69) is 10.3 Å². The Morgan fingerprint density at radius 3 is 2.56 bits per heavy atom. The van der Waals surface area contributed by atoms with Crippen molar-refractivity contribution in [1.82, 2.24) is 19.8 Å². The van der Waals surface area contributed by atoms with Crippen molar-refractivity contribution in [3.63, 3.8) is 0 Å². The standard InChI is InChI=1S/C29H25ClF2N4O3/c1-17(37)25-15-35(26-3-2-20(10-24(25)26)19-4-6-33-7-5-19)16-28(38)36-14-23(32)12-27(36)29(39)34-13-18-8-21(30)11-22(31)9-18/h2-11,15,23,27H,12-14,16H2,1H3,(H,34,39)/t23-,27+/m1/s1. The first kappa shape index (κ1) is 26.5. The molecule has 2 aromatic carbocycles. The van der Waals surface area contributed by atoms with Crippen LogP contribution in [0.4, 0.5) is 8.78 Å². The second-order valence-electron chi connectivity index (χ2n) is 9.59. The molecule has 2 aromatic heterocycles. The molecule has 4 aromatic rings. The van der Waals surface area contributed by atoms with Crippen LogP contribution in [0.25, 0.3) is 22.0 Å². The summed E-state index contributed by atoms with van der Waals surface area (Å²) in [6.07, 6.45) is 3.49. The Kier molecular flexibility index (Phi) is 7.43. The SMILES string of the molecule is CC(=O)c1cn(CC(=O)N2C[C@H](F)C[C@H]2C(=O)NCc2cc(F)cc(Cl)c2)c2ccc(-c3ccncc3)cc12. The van der Waals surface area contributed by atoms with Crippen LogP contribution in [0.15, 0.2) is 67.1 Å². The third-order valence-corrected chi connectivity index (χ3v) is 7.06. The van der Waals surface area contributed by atoms with E-state index in [-0.39, 0.29) is 36.9 Å². The van der Waals surface area contributed by atoms with E-state index in [1.54, 1.807) is 23.2 Å². The quantitative estimate of drug-likeness (QED) is 0.330. The summed E-state index contributed by atoms with van der Waals surface area (Å²) in [5, 5.41) is 3.54. The van der Waals surface area contributed by atoms with Gasteiger partial charge in [-0.3, -0.25) is 19.4 Å². The number of hydrogen-bond donors (Lipinski definition) is 1. The molecule has 2 amide bonds. The lowest BCUT2D eigenvalue weighted by Crippen LogP contribution is -2.46. The molecule has 1 N–H and O–H groups in total. The highest BCUT2D eigenvalue weighted by Gasteiger charge is 2.39. The third kappa shape index (κ3) is 5.68. The number of carbonyl (C=O) groups is 3. The summed E-state index contributed by atoms with van der Waals surface area (Å²) in [5.41, 5.74) is 3.41. The summed E-state index contributed by atoms with van der Waals surface area (Å²) in [5.74, 6) is -1.68. The second kappa shape index (κ2) is 10.9. The Labute approximate surface area is 228 Å². The van der Waals surface area contributed by atoms with Crippen molar-refractivity contribution in [1.29, 1.82) is 0 Å². The minimum Gasteiger partial charge on any atom is -0.350 e. The number of alkyl halides is 1. The van der Waals surface area contributed by atoms with Crippen molar-refractivity contribution in [2.45, 2.75) is 38.6 Å². The van der Waals surface area contributed by atoms with Gasteiger partial charge in [0, 0.05) is 53.0 Å². The zero-order chi connectivity index (χ0) is 27.7. The van der Waals surface area contributed by atoms with Gasteiger partial charge < -0.3 is 14.8 Å². The third-order valence-electron chi connectivity index (χ3n) is 6.84. The molecule has 2 atom stereocenters. The summed E-state index contributed by atoms with van der Waals surface area (Å²) >= 11 is 5.87. The van der Waals surface area contributed by atoms with Crippen molar-refractivity contribution in [2.24, 2.45) is 0 Å². The predicted octanol–water partition coefficient (Wildman–Crippen LogP) is 4.95. The van der Waals surface area contributed by atoms with Gasteiger partial charge in [0.05, 0.1) is 6.54 Å². The summed E-state index contributed by atoms with van der Waals surface area (Å²) in [4.78, 5) is 44.0. The summed E-state index contributed by atoms with van der Waals surface area (Å²) in [7, 11) is 0. The number of likely N-dealkylation sites (tertiary alicyclic amines) is 1. The average molecular weight is 551 g/mol. The van der Waals surface area contributed by atoms with Crippen LogP contribution in [-0.4, -0.2) is 50.8 Å². The normalized spacial score (nSPS) is 17.0. The maximum absolute atomic E-state index is 14.4. The number of pyridine rings is 1. The van der Waals surface area contributed by atoms with Crippen molar-refractivity contribution in [3.8, 4) is 11.1 Å². The Morgan fingerprint density at radius 2 is 1.85 bits per heavy atom. The number of Topliss-reactive ketones (excluding diaryl/α,β-unsaturated/α-hetero) is 1. The Bertz CT molecular complexity index is 1550. The lowest BCUT2D eigenvalue weighted by molar-refractivity contribution is -0.139. The van der Waals surface area contributed by atoms with Gasteiger partial charge in [0.1, 0.15) is 24.6 Å². The van der Waals surface area contributed by atoms with Gasteiger partial charge >= 0.3 is 0 Å². The van der Waals surface area contributed by atoms with Gasteiger partial charge in [-0.25, -0.2) is 8.78 Å². The number of fused-ring (bicyclic) bond motifs is 1. The largest absolute Gasteiger partial charge is 0.350 e. The maximum atomic E-state index is 14.4. The molecule has 0 radical (unpaired) electrons. The second-order valence-corrected chi connectivity index (χ2v) is 10.0. The number of carbonyl (C=O) groups excluding carboxylic acids is 3. The van der Waals surface area contributed by atoms with Crippen molar-refractivity contribution < 1.29 is 23.2 Å². The van der Waals surface area contributed by atoms with Gasteiger partial charge in [0.15, 0.2) is 5.78 Å². The fraction of sp³-hybridized carbons (Fsp3) is 0.241. The van der Waals surface area contributed by atoms with Crippen LogP contribution >= 0.6 is 11.6 Å². The van der Waals surface area contributed by atoms with Crippen LogP contribution in [0.1, 0.15) is 29.3 Å². The number of aromatic nitrogens is 2. The summed E-state index contributed by atoms with van der Waals surface area (Å²) < 4.78 is 29.7. The summed E-state index contributed by atoms with van der Waals surface area (Å²) in [6.45, 7) is 1.05. The number of nitrogens with one attached hydrogen (secondary N) is 1. The van der Waals surface area contributed by atoms with Crippen molar-refractivity contribution in [2.75, 3.05) is 6.54 Å². The van der Waals surface area contributed by atoms with Crippen LogP contribution in [0.3, 0.4) is 0 Å². The minimum atomic E-state index is -1.36. The molecule has 10 heteroatoms. The Balaban J connectivity index is 1.36. The highest BCUT2D eigenvalue weighted by atomic mass is 35.5. The molecule has 3 heterocycles. The van der Waals surface area contributed by atoms with Gasteiger partial charge in [-0.2, -0.15) is 0 Å². The molecular formula is C29H25ClF2N4O3. The number of benzene rings is 2. The fourth-order valence-corrected chi connectivity index (χ4v) is 5.24. The molecule has 1 aliphatic rings. The number of ketones is 1. The van der Waals surface area contributed by atoms with Gasteiger partial charge in [-0.05, 0) is 66.1 Å². The Hall–Kier alpha value is -4.11. The van der Waals surface area contributed by atoms with Crippen LogP contribution in [0, 0.1) is 5.82 Å². The molecule has 0 aliphatic carbocycles. The topological polar surface area (TPSA) is 84.3 Å². The van der Waals surface area contributed by atoms with Crippen LogP contribution in [0.5, 0.6) is 0 Å². The van der Waals surface area contributed by atoms with Gasteiger partial charge in [-0.15, -0.1) is 0 Å². The molecule has 1 fully saturated rings. The first-order valence-corrected chi connectivity index (χ1v) is 12.8. The van der Waals surface area contributed by atoms with Gasteiger partial charge in [-0.1, -0.05) is 17.7 Å². The monoisotopic (exact) mass is 550 g/mol. The zero-order valence-electron chi connectivity index (χ0n) is 21.0. The van der Waals surface area contributed by atoms with E-state index >= 15 is 0 Å². The average Bonchev–Trinajstić information content (AvgIpc) is 3.48. The highest BCUT2D eigenvalue weighted by Crippen LogP contribution is 2.29. The molecular weight excluding hydrogens is 526 g/mol. The molecule has 1 saturated heterocycles. The molecule has 1 aliphatic heterocycles. The van der Waals surface area contributed by atoms with E-state index in [9.17, 15) is 23.2 Å². The number of halogens is 3. The van der Waals surface area contributed by atoms with E-state index in [1.165, 1.54) is 24.0 Å². The van der Waals surface area contributed by atoms with E-state index in [4.69, 9.17) is 11.6 Å². The number of nitrogens with zero attached hydrogens (tertiary/aromatic N) is 3. The first-order chi connectivity index (χ1) is 18.7. The van der Waals surface area contributed by atoms with Crippen LogP contribution in [0.2, 0.25) is 5.02 Å². The lowest BCUT2D eigenvalue weighted by atomic mass is 10.0. The van der Waals surface area contributed by atoms with Crippen molar-refractivity contribution in [3.05, 3.63) is 89.1 Å². The molecule has 200 valence electrons. The smallest absolute Gasteiger partial charge is 0.243 e. The zero-order valence-corrected chi connectivity index (χ0v) is 21.8. The molecule has 0 saturated carbocycles. The van der Waals surface area contributed by atoms with E-state index in [0.717, 1.165) is 17.2 Å². The van der Waals surface area contributed by atoms with E-state index in [0.29, 0.717) is 22.0 Å². The number of amides is 2. The molecule has 39 heavy (non-hydrogen) atoms. The van der Waals surface area contributed by atoms with E-state index in [1.807, 2.05) is 30.3 Å². The van der Waals surface area contributed by atoms with Gasteiger partial charge in [0.2, 0.25) is 11.8 Å². The fourth-order valence-electron chi connectivity index (χ4n) is 5.00. The molecule has 0 unspecified atom stereocenters. The minimum absolute atomic E-state index is 0.0180. The molecule has 7 nitrogen and oxygen atoms in total. The van der Waals surface area contributed by atoms with Crippen LogP contribution < -0.4 is 5.32 Å². The first-order valence-electron chi connectivity index (χ1n) is 12.4. The number of hydrogen-bond acceptors (Lipinski definition) is 4. The van der Waals surface area contributed by atoms with Crippen LogP contribution in [-0.2, 0) is 22.7 Å². The van der Waals surface area contributed by atoms with Gasteiger partial charge in [0.25, 0.3) is 0 Å². The number of rotatable bonds is 7. The van der Waals surface area contributed by atoms with Crippen molar-refractivity contribution >= 4 is 40.1 Å². The maximum Gasteiger partial charge on any atom is 0.243 e. The Morgan fingerprint density at radius 1 is 1.08 bits per heavy atom. The lowest BCUT2D eigenvalue weighted by Gasteiger charge is -2.24. The summed E-state index contributed by atoms with van der Waals surface area (Å²) in [6, 6.07) is 12.3. The van der Waals surface area contributed by atoms with E-state index < -0.39 is 29.8 Å². The predicted molar refractivity (Wildman–Crippen MR) is 143 cm³/mol. The molecule has 5 rings (SSSR count). The molecule has 0 bridgehead atoms. The highest BCUT2D eigenvalue weighted by molar-refractivity contribution is 6.30. The molecule has 0 spiro atoms.